The molecule has 19 heavy (non-hydrogen) atoms. The topological polar surface area (TPSA) is 80.0 Å². The average Bonchev–Trinajstić information content (AvgIpc) is 2.81. The molecule has 0 spiro atoms. The predicted molar refractivity (Wildman–Crippen MR) is 75.9 cm³/mol. The second-order valence-corrected chi connectivity index (χ2v) is 5.59. The van der Waals surface area contributed by atoms with Crippen LogP contribution in [0.2, 0.25) is 5.15 Å². The zero-order valence-electron chi connectivity index (χ0n) is 10.9. The number of halogens is 1. The molecule has 1 saturated carbocycles. The number of carbonyl (C=O) groups excluding carboxylic acids is 1. The maximum Gasteiger partial charge on any atom is 0.251 e. The third kappa shape index (κ3) is 3.81. The lowest BCUT2D eigenvalue weighted by molar-refractivity contribution is 0.0947. The zero-order valence-corrected chi connectivity index (χ0v) is 11.7. The van der Waals surface area contributed by atoms with Crippen molar-refractivity contribution in [3.63, 3.8) is 0 Å². The Hall–Kier alpha value is -1.33. The van der Waals surface area contributed by atoms with E-state index < -0.39 is 0 Å². The third-order valence-corrected chi connectivity index (χ3v) is 3.75. The molecule has 2 atom stereocenters. The van der Waals surface area contributed by atoms with Gasteiger partial charge in [0.2, 0.25) is 0 Å². The summed E-state index contributed by atoms with van der Waals surface area (Å²) in [6.45, 7) is 2.97. The fraction of sp³-hybridized carbons (Fsp3) is 0.538. The van der Waals surface area contributed by atoms with Crippen LogP contribution in [0.4, 0.5) is 5.82 Å². The average molecular weight is 283 g/mol. The number of hydrogen-bond donors (Lipinski definition) is 3. The Kier molecular flexibility index (Phi) is 4.61. The molecule has 0 aliphatic heterocycles. The van der Waals surface area contributed by atoms with Gasteiger partial charge in [-0.3, -0.25) is 4.79 Å². The zero-order chi connectivity index (χ0) is 13.8. The van der Waals surface area contributed by atoms with E-state index in [1.54, 1.807) is 6.07 Å². The quantitative estimate of drug-likeness (QED) is 0.449. The number of rotatable bonds is 4. The van der Waals surface area contributed by atoms with Gasteiger partial charge in [-0.25, -0.2) is 10.8 Å². The largest absolute Gasteiger partial charge is 0.352 e. The number of nitrogen functional groups attached to an aromatic ring is 1. The Morgan fingerprint density at radius 3 is 2.95 bits per heavy atom. The van der Waals surface area contributed by atoms with Crippen LogP contribution in [-0.2, 0) is 0 Å². The van der Waals surface area contributed by atoms with Crippen LogP contribution in [0.1, 0.15) is 36.5 Å². The molecule has 0 bridgehead atoms. The highest BCUT2D eigenvalue weighted by molar-refractivity contribution is 6.29. The number of aromatic nitrogens is 1. The van der Waals surface area contributed by atoms with Gasteiger partial charge in [0.1, 0.15) is 11.0 Å². The first-order chi connectivity index (χ1) is 9.08. The number of nitrogens with two attached hydrogens (primary N) is 1. The SMILES string of the molecule is CC1CCC(CNC(=O)c2cc(Cl)nc(NN)c2)C1. The summed E-state index contributed by atoms with van der Waals surface area (Å²) < 4.78 is 0. The molecule has 1 aliphatic rings. The van der Waals surface area contributed by atoms with E-state index in [2.05, 4.69) is 22.7 Å². The van der Waals surface area contributed by atoms with E-state index in [1.165, 1.54) is 25.3 Å². The number of anilines is 1. The smallest absolute Gasteiger partial charge is 0.251 e. The second kappa shape index (κ2) is 6.21. The van der Waals surface area contributed by atoms with E-state index in [1.807, 2.05) is 0 Å². The van der Waals surface area contributed by atoms with Crippen molar-refractivity contribution in [2.45, 2.75) is 26.2 Å². The number of hydrazine groups is 1. The Balaban J connectivity index is 1.94. The maximum absolute atomic E-state index is 12.0. The van der Waals surface area contributed by atoms with E-state index >= 15 is 0 Å². The van der Waals surface area contributed by atoms with Gasteiger partial charge < -0.3 is 10.7 Å². The van der Waals surface area contributed by atoms with Crippen molar-refractivity contribution < 1.29 is 4.79 Å². The molecule has 1 aromatic heterocycles. The summed E-state index contributed by atoms with van der Waals surface area (Å²) >= 11 is 5.83. The van der Waals surface area contributed by atoms with Crippen LogP contribution in [0, 0.1) is 11.8 Å². The highest BCUT2D eigenvalue weighted by Gasteiger charge is 2.21. The van der Waals surface area contributed by atoms with Crippen molar-refractivity contribution in [3.8, 4) is 0 Å². The fourth-order valence-corrected chi connectivity index (χ4v) is 2.76. The molecule has 0 radical (unpaired) electrons. The van der Waals surface area contributed by atoms with Gasteiger partial charge in [-0.1, -0.05) is 24.9 Å². The number of amides is 1. The molecule has 1 aliphatic carbocycles. The van der Waals surface area contributed by atoms with Gasteiger partial charge in [0.05, 0.1) is 0 Å². The van der Waals surface area contributed by atoms with Crippen LogP contribution in [0.25, 0.3) is 0 Å². The van der Waals surface area contributed by atoms with Gasteiger partial charge in [0, 0.05) is 12.1 Å². The van der Waals surface area contributed by atoms with Crippen molar-refractivity contribution >= 4 is 23.3 Å². The van der Waals surface area contributed by atoms with Gasteiger partial charge in [-0.2, -0.15) is 0 Å². The molecule has 2 rings (SSSR count). The van der Waals surface area contributed by atoms with Gasteiger partial charge in [0.15, 0.2) is 0 Å². The van der Waals surface area contributed by atoms with E-state index in [4.69, 9.17) is 17.4 Å². The Morgan fingerprint density at radius 1 is 1.53 bits per heavy atom. The van der Waals surface area contributed by atoms with E-state index in [9.17, 15) is 4.79 Å². The second-order valence-electron chi connectivity index (χ2n) is 5.20. The molecule has 0 aromatic carbocycles. The molecule has 1 fully saturated rings. The van der Waals surface area contributed by atoms with Crippen molar-refractivity contribution in [1.29, 1.82) is 0 Å². The van der Waals surface area contributed by atoms with Crippen molar-refractivity contribution in [1.82, 2.24) is 10.3 Å². The van der Waals surface area contributed by atoms with Gasteiger partial charge >= 0.3 is 0 Å². The number of nitrogens with one attached hydrogen (secondary N) is 2. The van der Waals surface area contributed by atoms with Crippen molar-refractivity contribution in [2.24, 2.45) is 17.7 Å². The van der Waals surface area contributed by atoms with Gasteiger partial charge in [0.25, 0.3) is 5.91 Å². The Bertz CT molecular complexity index is 466. The molecular weight excluding hydrogens is 264 g/mol. The van der Waals surface area contributed by atoms with Crippen LogP contribution < -0.4 is 16.6 Å². The van der Waals surface area contributed by atoms with Crippen LogP contribution in [0.5, 0.6) is 0 Å². The first-order valence-corrected chi connectivity index (χ1v) is 6.88. The van der Waals surface area contributed by atoms with Crippen LogP contribution in [0.15, 0.2) is 12.1 Å². The predicted octanol–water partition coefficient (Wildman–Crippen LogP) is 2.19. The summed E-state index contributed by atoms with van der Waals surface area (Å²) in [5.74, 6) is 6.87. The Labute approximate surface area is 117 Å². The molecule has 0 saturated heterocycles. The summed E-state index contributed by atoms with van der Waals surface area (Å²) in [6.07, 6.45) is 3.63. The summed E-state index contributed by atoms with van der Waals surface area (Å²) in [7, 11) is 0. The Morgan fingerprint density at radius 2 is 2.32 bits per heavy atom. The van der Waals surface area contributed by atoms with Crippen LogP contribution >= 0.6 is 11.6 Å². The molecular formula is C13H19ClN4O. The highest BCUT2D eigenvalue weighted by Crippen LogP contribution is 2.29. The van der Waals surface area contributed by atoms with Crippen LogP contribution in [-0.4, -0.2) is 17.4 Å². The molecule has 2 unspecified atom stereocenters. The van der Waals surface area contributed by atoms with E-state index in [-0.39, 0.29) is 11.1 Å². The van der Waals surface area contributed by atoms with Gasteiger partial charge in [-0.05, 0) is 36.8 Å². The van der Waals surface area contributed by atoms with Gasteiger partial charge in [-0.15, -0.1) is 0 Å². The number of carbonyl (C=O) groups is 1. The minimum Gasteiger partial charge on any atom is -0.352 e. The molecule has 1 amide bonds. The minimum absolute atomic E-state index is 0.139. The summed E-state index contributed by atoms with van der Waals surface area (Å²) in [5, 5.41) is 3.19. The molecule has 6 heteroatoms. The number of hydrogen-bond acceptors (Lipinski definition) is 4. The maximum atomic E-state index is 12.0. The van der Waals surface area contributed by atoms with Crippen molar-refractivity contribution in [2.75, 3.05) is 12.0 Å². The lowest BCUT2D eigenvalue weighted by atomic mass is 10.1. The monoisotopic (exact) mass is 282 g/mol. The molecule has 4 N–H and O–H groups in total. The standard InChI is InChI=1S/C13H19ClN4O/c1-8-2-3-9(4-8)7-16-13(19)10-5-11(14)17-12(6-10)18-15/h5-6,8-9H,2-4,7,15H2,1H3,(H,16,19)(H,17,18). The molecule has 5 nitrogen and oxygen atoms in total. The third-order valence-electron chi connectivity index (χ3n) is 3.56. The lowest BCUT2D eigenvalue weighted by Gasteiger charge is -2.11. The summed E-state index contributed by atoms with van der Waals surface area (Å²) in [5.41, 5.74) is 2.86. The number of pyridine rings is 1. The molecule has 104 valence electrons. The molecule has 1 aromatic rings. The molecule has 1 heterocycles. The fourth-order valence-electron chi connectivity index (χ4n) is 2.55. The normalized spacial score (nSPS) is 22.3. The first kappa shape index (κ1) is 14.1. The van der Waals surface area contributed by atoms with Crippen LogP contribution in [0.3, 0.4) is 0 Å². The minimum atomic E-state index is -0.139. The van der Waals surface area contributed by atoms with E-state index in [0.717, 1.165) is 5.92 Å². The first-order valence-electron chi connectivity index (χ1n) is 6.51. The highest BCUT2D eigenvalue weighted by atomic mass is 35.5. The van der Waals surface area contributed by atoms with Crippen molar-refractivity contribution in [3.05, 3.63) is 22.8 Å². The summed E-state index contributed by atoms with van der Waals surface area (Å²) in [4.78, 5) is 16.0. The summed E-state index contributed by atoms with van der Waals surface area (Å²) in [6, 6.07) is 3.12. The number of nitrogens with zero attached hydrogens (tertiary/aromatic N) is 1. The van der Waals surface area contributed by atoms with E-state index in [0.29, 0.717) is 23.8 Å². The lowest BCUT2D eigenvalue weighted by Crippen LogP contribution is -2.28.